The third kappa shape index (κ3) is 3.40. The lowest BCUT2D eigenvalue weighted by Crippen LogP contribution is -2.43. The first-order valence-corrected chi connectivity index (χ1v) is 8.61. The highest BCUT2D eigenvalue weighted by atomic mass is 16.6. The molecule has 2 saturated heterocycles. The fraction of sp³-hybridized carbons (Fsp3) is 0.529. The quantitative estimate of drug-likeness (QED) is 0.839. The lowest BCUT2D eigenvalue weighted by molar-refractivity contribution is -0.118. The number of hydrogen-bond donors (Lipinski definition) is 2. The van der Waals surface area contributed by atoms with Crippen molar-refractivity contribution in [3.63, 3.8) is 0 Å². The van der Waals surface area contributed by atoms with E-state index in [1.165, 1.54) is 0 Å². The van der Waals surface area contributed by atoms with Gasteiger partial charge in [-0.05, 0) is 44.1 Å². The number of carbonyl (C=O) groups excluding carboxylic acids is 2. The maximum Gasteiger partial charge on any atom is 0.414 e. The van der Waals surface area contributed by atoms with E-state index in [-0.39, 0.29) is 30.8 Å². The highest BCUT2D eigenvalue weighted by Crippen LogP contribution is 2.33. The van der Waals surface area contributed by atoms with Gasteiger partial charge < -0.3 is 20.5 Å². The van der Waals surface area contributed by atoms with E-state index in [4.69, 9.17) is 15.2 Å². The van der Waals surface area contributed by atoms with Crippen molar-refractivity contribution in [2.45, 2.75) is 25.0 Å². The highest BCUT2D eigenvalue weighted by Gasteiger charge is 2.34. The van der Waals surface area contributed by atoms with Crippen LogP contribution in [0, 0.1) is 0 Å². The minimum atomic E-state index is -0.360. The fourth-order valence-electron chi connectivity index (χ4n) is 3.49. The Labute approximate surface area is 145 Å². The van der Waals surface area contributed by atoms with Crippen LogP contribution in [0.4, 0.5) is 16.2 Å². The molecule has 0 aliphatic carbocycles. The number of anilines is 2. The van der Waals surface area contributed by atoms with Crippen LogP contribution in [-0.2, 0) is 9.53 Å². The Morgan fingerprint density at radius 2 is 2.04 bits per heavy atom. The van der Waals surface area contributed by atoms with E-state index in [0.717, 1.165) is 32.5 Å². The smallest absolute Gasteiger partial charge is 0.414 e. The first kappa shape index (κ1) is 16.2. The summed E-state index contributed by atoms with van der Waals surface area (Å²) in [7, 11) is 0. The summed E-state index contributed by atoms with van der Waals surface area (Å²) in [6, 6.07) is 5.60. The number of carbonyl (C=O) groups is 2. The maximum atomic E-state index is 12.3. The number of rotatable bonds is 3. The Morgan fingerprint density at radius 3 is 2.84 bits per heavy atom. The van der Waals surface area contributed by atoms with Crippen LogP contribution in [0.15, 0.2) is 18.2 Å². The van der Waals surface area contributed by atoms with E-state index in [0.29, 0.717) is 23.7 Å². The van der Waals surface area contributed by atoms with Crippen molar-refractivity contribution in [2.75, 3.05) is 43.0 Å². The van der Waals surface area contributed by atoms with Gasteiger partial charge in [0, 0.05) is 18.3 Å². The average molecular weight is 346 g/mol. The van der Waals surface area contributed by atoms with Crippen molar-refractivity contribution in [3.05, 3.63) is 18.2 Å². The van der Waals surface area contributed by atoms with Gasteiger partial charge in [-0.15, -0.1) is 0 Å². The Balaban J connectivity index is 1.42. The predicted molar refractivity (Wildman–Crippen MR) is 91.8 cm³/mol. The van der Waals surface area contributed by atoms with Crippen molar-refractivity contribution in [3.8, 4) is 5.75 Å². The van der Waals surface area contributed by atoms with Crippen molar-refractivity contribution < 1.29 is 19.1 Å². The first-order chi connectivity index (χ1) is 12.1. The zero-order valence-electron chi connectivity index (χ0n) is 13.9. The van der Waals surface area contributed by atoms with Gasteiger partial charge in [0.25, 0.3) is 5.91 Å². The van der Waals surface area contributed by atoms with Crippen LogP contribution >= 0.6 is 0 Å². The Bertz CT molecular complexity index is 687. The number of cyclic esters (lactones) is 1. The second-order valence-corrected chi connectivity index (χ2v) is 6.77. The SMILES string of the molecule is NC1CCN(CC2CN(c3ccc4c(c3)NC(=O)CO4)C(=O)O2)CC1. The van der Waals surface area contributed by atoms with Crippen molar-refractivity contribution >= 4 is 23.4 Å². The van der Waals surface area contributed by atoms with Crippen LogP contribution in [0.1, 0.15) is 12.8 Å². The molecular formula is C17H22N4O4. The molecule has 3 aliphatic heterocycles. The van der Waals surface area contributed by atoms with Crippen LogP contribution < -0.4 is 20.7 Å². The molecule has 4 rings (SSSR count). The molecule has 0 saturated carbocycles. The summed E-state index contributed by atoms with van der Waals surface area (Å²) >= 11 is 0. The maximum absolute atomic E-state index is 12.3. The van der Waals surface area contributed by atoms with Gasteiger partial charge in [0.05, 0.1) is 12.2 Å². The number of piperidine rings is 1. The molecule has 3 N–H and O–H groups in total. The number of nitrogens with two attached hydrogens (primary N) is 1. The summed E-state index contributed by atoms with van der Waals surface area (Å²) in [4.78, 5) is 27.6. The van der Waals surface area contributed by atoms with Gasteiger partial charge in [0.15, 0.2) is 6.61 Å². The van der Waals surface area contributed by atoms with Gasteiger partial charge in [-0.1, -0.05) is 0 Å². The predicted octanol–water partition coefficient (Wildman–Crippen LogP) is 0.766. The Hall–Kier alpha value is -2.32. The van der Waals surface area contributed by atoms with E-state index in [9.17, 15) is 9.59 Å². The fourth-order valence-corrected chi connectivity index (χ4v) is 3.49. The van der Waals surface area contributed by atoms with Gasteiger partial charge >= 0.3 is 6.09 Å². The molecule has 25 heavy (non-hydrogen) atoms. The Kier molecular flexibility index (Phi) is 4.22. The van der Waals surface area contributed by atoms with Crippen molar-refractivity contribution in [1.29, 1.82) is 0 Å². The molecule has 2 amide bonds. The minimum Gasteiger partial charge on any atom is -0.482 e. The van der Waals surface area contributed by atoms with Gasteiger partial charge in [-0.25, -0.2) is 4.79 Å². The summed E-state index contributed by atoms with van der Waals surface area (Å²) in [5.41, 5.74) is 7.20. The summed E-state index contributed by atoms with van der Waals surface area (Å²) in [6.45, 7) is 3.11. The molecule has 8 heteroatoms. The molecule has 0 bridgehead atoms. The second-order valence-electron chi connectivity index (χ2n) is 6.77. The second kappa shape index (κ2) is 6.53. The van der Waals surface area contributed by atoms with Crippen LogP contribution in [0.25, 0.3) is 0 Å². The summed E-state index contributed by atoms with van der Waals surface area (Å²) in [5, 5.41) is 2.76. The van der Waals surface area contributed by atoms with Gasteiger partial charge in [-0.2, -0.15) is 0 Å². The molecule has 0 radical (unpaired) electrons. The van der Waals surface area contributed by atoms with Crippen LogP contribution in [-0.4, -0.2) is 61.8 Å². The van der Waals surface area contributed by atoms with Gasteiger partial charge in [0.1, 0.15) is 11.9 Å². The van der Waals surface area contributed by atoms with Crippen LogP contribution in [0.5, 0.6) is 5.75 Å². The van der Waals surface area contributed by atoms with Gasteiger partial charge in [-0.3, -0.25) is 14.6 Å². The number of nitrogens with one attached hydrogen (secondary N) is 1. The van der Waals surface area contributed by atoms with Gasteiger partial charge in [0.2, 0.25) is 0 Å². The normalized spacial score (nSPS) is 24.5. The Morgan fingerprint density at radius 1 is 1.24 bits per heavy atom. The number of benzene rings is 1. The third-order valence-corrected chi connectivity index (χ3v) is 4.88. The number of amides is 2. The molecule has 0 spiro atoms. The van der Waals surface area contributed by atoms with E-state index < -0.39 is 0 Å². The first-order valence-electron chi connectivity index (χ1n) is 8.61. The highest BCUT2D eigenvalue weighted by molar-refractivity contribution is 5.97. The lowest BCUT2D eigenvalue weighted by atomic mass is 10.1. The summed E-state index contributed by atoms with van der Waals surface area (Å²) < 4.78 is 10.9. The molecule has 2 fully saturated rings. The van der Waals surface area contributed by atoms with Crippen molar-refractivity contribution in [2.24, 2.45) is 5.73 Å². The van der Waals surface area contributed by atoms with E-state index in [2.05, 4.69) is 10.2 Å². The average Bonchev–Trinajstić information content (AvgIpc) is 2.96. The molecule has 1 aromatic rings. The zero-order chi connectivity index (χ0) is 17.4. The van der Waals surface area contributed by atoms with Crippen LogP contribution in [0.3, 0.4) is 0 Å². The number of hydrogen-bond acceptors (Lipinski definition) is 6. The molecule has 0 aromatic heterocycles. The number of nitrogens with zero attached hydrogens (tertiary/aromatic N) is 2. The number of likely N-dealkylation sites (tertiary alicyclic amines) is 1. The monoisotopic (exact) mass is 346 g/mol. The van der Waals surface area contributed by atoms with Crippen molar-refractivity contribution in [1.82, 2.24) is 4.90 Å². The van der Waals surface area contributed by atoms with E-state index in [1.807, 2.05) is 0 Å². The number of ether oxygens (including phenoxy) is 2. The molecule has 3 aliphatic rings. The molecule has 3 heterocycles. The van der Waals surface area contributed by atoms with Crippen LogP contribution in [0.2, 0.25) is 0 Å². The zero-order valence-corrected chi connectivity index (χ0v) is 13.9. The summed E-state index contributed by atoms with van der Waals surface area (Å²) in [6.07, 6.45) is 1.44. The van der Waals surface area contributed by atoms with E-state index >= 15 is 0 Å². The molecule has 8 nitrogen and oxygen atoms in total. The minimum absolute atomic E-state index is 0.0136. The molecular weight excluding hydrogens is 324 g/mol. The third-order valence-electron chi connectivity index (χ3n) is 4.88. The van der Waals surface area contributed by atoms with E-state index in [1.54, 1.807) is 23.1 Å². The molecule has 1 aromatic carbocycles. The number of fused-ring (bicyclic) bond motifs is 1. The summed E-state index contributed by atoms with van der Waals surface area (Å²) in [5.74, 6) is 0.409. The topological polar surface area (TPSA) is 97.1 Å². The largest absolute Gasteiger partial charge is 0.482 e. The molecule has 1 atom stereocenters. The lowest BCUT2D eigenvalue weighted by Gasteiger charge is -2.31. The molecule has 1 unspecified atom stereocenters. The standard InChI is InChI=1S/C17H22N4O4/c18-11-3-5-20(6-4-11)8-13-9-21(17(23)25-13)12-1-2-15-14(7-12)19-16(22)10-24-15/h1-2,7,11,13H,3-6,8-10,18H2,(H,19,22). The molecule has 134 valence electrons.